The highest BCUT2D eigenvalue weighted by atomic mass is 16.5. The second-order valence-electron chi connectivity index (χ2n) is 6.47. The van der Waals surface area contributed by atoms with E-state index in [1.165, 1.54) is 11.1 Å². The summed E-state index contributed by atoms with van der Waals surface area (Å²) < 4.78 is 5.41. The lowest BCUT2D eigenvalue weighted by molar-refractivity contribution is -0.132. The van der Waals surface area contributed by atoms with Gasteiger partial charge >= 0.3 is 0 Å². The fraction of sp³-hybridized carbons (Fsp3) is 0.381. The van der Waals surface area contributed by atoms with Gasteiger partial charge in [-0.3, -0.25) is 4.79 Å². The van der Waals surface area contributed by atoms with Crippen molar-refractivity contribution in [3.05, 3.63) is 71.8 Å². The van der Waals surface area contributed by atoms with Gasteiger partial charge in [0.2, 0.25) is 5.91 Å². The van der Waals surface area contributed by atoms with E-state index in [0.717, 1.165) is 32.6 Å². The Kier molecular flexibility index (Phi) is 6.02. The van der Waals surface area contributed by atoms with E-state index in [1.807, 2.05) is 29.2 Å². The molecule has 0 aliphatic carbocycles. The number of benzene rings is 2. The van der Waals surface area contributed by atoms with Crippen molar-refractivity contribution < 1.29 is 9.53 Å². The summed E-state index contributed by atoms with van der Waals surface area (Å²) in [6, 6.07) is 20.6. The Morgan fingerprint density at radius 2 is 1.67 bits per heavy atom. The molecule has 0 bridgehead atoms. The molecule has 1 saturated heterocycles. The van der Waals surface area contributed by atoms with Crippen molar-refractivity contribution in [1.82, 2.24) is 4.90 Å². The molecule has 3 heteroatoms. The van der Waals surface area contributed by atoms with Crippen molar-refractivity contribution in [2.45, 2.75) is 25.8 Å². The third kappa shape index (κ3) is 4.93. The Hall–Kier alpha value is -2.13. The molecule has 126 valence electrons. The van der Waals surface area contributed by atoms with Gasteiger partial charge in [0.15, 0.2) is 0 Å². The number of hydrogen-bond donors (Lipinski definition) is 0. The van der Waals surface area contributed by atoms with E-state index in [1.54, 1.807) is 0 Å². The van der Waals surface area contributed by atoms with Crippen LogP contribution in [0.4, 0.5) is 0 Å². The number of amides is 1. The van der Waals surface area contributed by atoms with Crippen LogP contribution in [0.3, 0.4) is 0 Å². The molecule has 1 fully saturated rings. The molecule has 0 radical (unpaired) electrons. The second kappa shape index (κ2) is 8.65. The summed E-state index contributed by atoms with van der Waals surface area (Å²) >= 11 is 0. The number of carbonyl (C=O) groups is 1. The zero-order valence-corrected chi connectivity index (χ0v) is 14.1. The molecule has 0 aromatic heterocycles. The molecular weight excluding hydrogens is 298 g/mol. The van der Waals surface area contributed by atoms with Gasteiger partial charge in [0.1, 0.15) is 0 Å². The van der Waals surface area contributed by atoms with Gasteiger partial charge in [-0.1, -0.05) is 60.7 Å². The quantitative estimate of drug-likeness (QED) is 0.778. The molecule has 3 rings (SSSR count). The average Bonchev–Trinajstić information content (AvgIpc) is 3.13. The van der Waals surface area contributed by atoms with Crippen molar-refractivity contribution in [2.75, 3.05) is 19.8 Å². The Labute approximate surface area is 144 Å². The molecule has 1 aliphatic rings. The van der Waals surface area contributed by atoms with Crippen molar-refractivity contribution in [3.63, 3.8) is 0 Å². The summed E-state index contributed by atoms with van der Waals surface area (Å²) in [5, 5.41) is 0. The summed E-state index contributed by atoms with van der Waals surface area (Å²) in [7, 11) is 0. The number of carbonyl (C=O) groups excluding carboxylic acids is 1. The summed E-state index contributed by atoms with van der Waals surface area (Å²) in [5.41, 5.74) is 2.45. The number of hydrogen-bond acceptors (Lipinski definition) is 2. The van der Waals surface area contributed by atoms with Gasteiger partial charge in [0.25, 0.3) is 0 Å². The van der Waals surface area contributed by atoms with Crippen molar-refractivity contribution in [2.24, 2.45) is 5.92 Å². The fourth-order valence-corrected chi connectivity index (χ4v) is 3.12. The Bertz CT molecular complexity index is 621. The molecule has 2 aromatic carbocycles. The van der Waals surface area contributed by atoms with E-state index < -0.39 is 0 Å². The normalized spacial score (nSPS) is 16.9. The first-order valence-electron chi connectivity index (χ1n) is 8.74. The first kappa shape index (κ1) is 16.7. The predicted octanol–water partition coefficient (Wildman–Crippen LogP) is 3.68. The zero-order chi connectivity index (χ0) is 16.6. The van der Waals surface area contributed by atoms with Crippen molar-refractivity contribution in [3.8, 4) is 0 Å². The Morgan fingerprint density at radius 1 is 1.00 bits per heavy atom. The van der Waals surface area contributed by atoms with Crippen LogP contribution in [-0.2, 0) is 22.5 Å². The smallest absolute Gasteiger partial charge is 0.223 e. The zero-order valence-electron chi connectivity index (χ0n) is 14.1. The molecule has 1 heterocycles. The largest absolute Gasteiger partial charge is 0.381 e. The highest BCUT2D eigenvalue weighted by Gasteiger charge is 2.22. The molecule has 1 aliphatic heterocycles. The maximum absolute atomic E-state index is 12.8. The molecular formula is C21H25NO2. The lowest BCUT2D eigenvalue weighted by Crippen LogP contribution is -2.33. The Balaban J connectivity index is 1.63. The minimum absolute atomic E-state index is 0.241. The van der Waals surface area contributed by atoms with Crippen molar-refractivity contribution >= 4 is 5.91 Å². The maximum Gasteiger partial charge on any atom is 0.223 e. The summed E-state index contributed by atoms with van der Waals surface area (Å²) in [5.74, 6) is 0.623. The summed E-state index contributed by atoms with van der Waals surface area (Å²) in [6.07, 6.45) is 2.49. The van der Waals surface area contributed by atoms with E-state index >= 15 is 0 Å². The predicted molar refractivity (Wildman–Crippen MR) is 95.5 cm³/mol. The van der Waals surface area contributed by atoms with Crippen molar-refractivity contribution in [1.29, 1.82) is 0 Å². The van der Waals surface area contributed by atoms with Gasteiger partial charge in [-0.2, -0.15) is 0 Å². The maximum atomic E-state index is 12.8. The van der Waals surface area contributed by atoms with Crippen LogP contribution in [0, 0.1) is 5.92 Å². The molecule has 1 amide bonds. The lowest BCUT2D eigenvalue weighted by Gasteiger charge is -2.24. The third-order valence-corrected chi connectivity index (χ3v) is 4.57. The van der Waals surface area contributed by atoms with Crippen LogP contribution in [-0.4, -0.2) is 30.6 Å². The van der Waals surface area contributed by atoms with Crippen LogP contribution >= 0.6 is 0 Å². The van der Waals surface area contributed by atoms with E-state index in [0.29, 0.717) is 18.9 Å². The lowest BCUT2D eigenvalue weighted by atomic mass is 10.0. The first-order chi connectivity index (χ1) is 11.8. The SMILES string of the molecule is O=C(C[C@H]1CCOC1)N(CCc1ccccc1)Cc1ccccc1. The van der Waals surface area contributed by atoms with Gasteiger partial charge in [-0.15, -0.1) is 0 Å². The van der Waals surface area contributed by atoms with E-state index in [-0.39, 0.29) is 5.91 Å². The van der Waals surface area contributed by atoms with E-state index in [9.17, 15) is 4.79 Å². The van der Waals surface area contributed by atoms with Crippen LogP contribution < -0.4 is 0 Å². The average molecular weight is 323 g/mol. The summed E-state index contributed by atoms with van der Waals surface area (Å²) in [4.78, 5) is 14.8. The molecule has 24 heavy (non-hydrogen) atoms. The van der Waals surface area contributed by atoms with Gasteiger partial charge in [-0.25, -0.2) is 0 Å². The molecule has 0 N–H and O–H groups in total. The minimum Gasteiger partial charge on any atom is -0.381 e. The number of rotatable bonds is 7. The number of nitrogens with zero attached hydrogens (tertiary/aromatic N) is 1. The van der Waals surface area contributed by atoms with Crippen LogP contribution in [0.1, 0.15) is 24.0 Å². The second-order valence-corrected chi connectivity index (χ2v) is 6.47. The van der Waals surface area contributed by atoms with Gasteiger partial charge < -0.3 is 9.64 Å². The van der Waals surface area contributed by atoms with Crippen LogP contribution in [0.15, 0.2) is 60.7 Å². The van der Waals surface area contributed by atoms with E-state index in [2.05, 4.69) is 36.4 Å². The fourth-order valence-electron chi connectivity index (χ4n) is 3.12. The van der Waals surface area contributed by atoms with Gasteiger partial charge in [0.05, 0.1) is 0 Å². The standard InChI is InChI=1S/C21H25NO2/c23-21(15-20-12-14-24-17-20)22(16-19-9-5-2-6-10-19)13-11-18-7-3-1-4-8-18/h1-10,20H,11-17H2/t20-/m1/s1. The third-order valence-electron chi connectivity index (χ3n) is 4.57. The van der Waals surface area contributed by atoms with Gasteiger partial charge in [0, 0.05) is 32.7 Å². The molecule has 3 nitrogen and oxygen atoms in total. The molecule has 0 spiro atoms. The summed E-state index contributed by atoms with van der Waals surface area (Å²) in [6.45, 7) is 2.95. The number of ether oxygens (including phenoxy) is 1. The first-order valence-corrected chi connectivity index (χ1v) is 8.74. The molecule has 1 atom stereocenters. The van der Waals surface area contributed by atoms with Crippen LogP contribution in [0.2, 0.25) is 0 Å². The Morgan fingerprint density at radius 3 is 2.29 bits per heavy atom. The monoisotopic (exact) mass is 323 g/mol. The topological polar surface area (TPSA) is 29.5 Å². The highest BCUT2D eigenvalue weighted by Crippen LogP contribution is 2.19. The van der Waals surface area contributed by atoms with E-state index in [4.69, 9.17) is 4.74 Å². The highest BCUT2D eigenvalue weighted by molar-refractivity contribution is 5.76. The van der Waals surface area contributed by atoms with Crippen LogP contribution in [0.25, 0.3) is 0 Å². The van der Waals surface area contributed by atoms with Gasteiger partial charge in [-0.05, 0) is 29.9 Å². The molecule has 2 aromatic rings. The molecule has 0 unspecified atom stereocenters. The van der Waals surface area contributed by atoms with Crippen LogP contribution in [0.5, 0.6) is 0 Å². The minimum atomic E-state index is 0.241. The molecule has 0 saturated carbocycles.